The number of sulfone groups is 1. The molecule has 118 valence electrons. The zero-order valence-corrected chi connectivity index (χ0v) is 13.5. The van der Waals surface area contributed by atoms with Gasteiger partial charge in [-0.2, -0.15) is 0 Å². The molecular formula is C16H21N3O2S. The highest BCUT2D eigenvalue weighted by molar-refractivity contribution is 7.90. The monoisotopic (exact) mass is 319 g/mol. The molecule has 6 heteroatoms. The number of aromatic nitrogens is 3. The highest BCUT2D eigenvalue weighted by Crippen LogP contribution is 2.39. The van der Waals surface area contributed by atoms with Gasteiger partial charge in [0.2, 0.25) is 0 Å². The summed E-state index contributed by atoms with van der Waals surface area (Å²) < 4.78 is 26.1. The zero-order valence-electron chi connectivity index (χ0n) is 12.7. The zero-order chi connectivity index (χ0) is 15.6. The summed E-state index contributed by atoms with van der Waals surface area (Å²) in [5, 5.41) is 7.40. The smallest absolute Gasteiger partial charge is 0.154 e. The summed E-state index contributed by atoms with van der Waals surface area (Å²) >= 11 is 0. The van der Waals surface area contributed by atoms with Crippen molar-refractivity contribution >= 4 is 9.84 Å². The first-order valence-corrected chi connectivity index (χ1v) is 9.60. The van der Waals surface area contributed by atoms with E-state index in [2.05, 4.69) is 16.4 Å². The Bertz CT molecular complexity index is 726. The topological polar surface area (TPSA) is 64.8 Å². The van der Waals surface area contributed by atoms with Gasteiger partial charge in [-0.3, -0.25) is 4.68 Å². The number of benzene rings is 1. The first-order valence-electron chi connectivity index (χ1n) is 7.65. The molecule has 0 saturated heterocycles. The molecule has 1 aromatic heterocycles. The van der Waals surface area contributed by atoms with E-state index in [1.807, 2.05) is 29.1 Å². The van der Waals surface area contributed by atoms with E-state index in [0.717, 1.165) is 37.8 Å². The number of hydrogen-bond donors (Lipinski definition) is 0. The lowest BCUT2D eigenvalue weighted by Gasteiger charge is -2.30. The molecule has 0 bridgehead atoms. The number of aryl methyl sites for hydroxylation is 1. The third-order valence-corrected chi connectivity index (χ3v) is 5.93. The molecule has 1 aliphatic carbocycles. The fourth-order valence-electron chi connectivity index (χ4n) is 3.38. The average molecular weight is 319 g/mol. The molecule has 5 nitrogen and oxygen atoms in total. The minimum atomic E-state index is -3.07. The lowest BCUT2D eigenvalue weighted by Crippen LogP contribution is -2.24. The van der Waals surface area contributed by atoms with Crippen molar-refractivity contribution in [3.63, 3.8) is 0 Å². The van der Waals surface area contributed by atoms with Crippen LogP contribution in [0, 0.1) is 5.92 Å². The van der Waals surface area contributed by atoms with Gasteiger partial charge in [0, 0.05) is 19.0 Å². The van der Waals surface area contributed by atoms with Crippen LogP contribution >= 0.6 is 0 Å². The number of fused-ring (bicyclic) bond motifs is 1. The largest absolute Gasteiger partial charge is 0.253 e. The van der Waals surface area contributed by atoms with Crippen LogP contribution in [0.4, 0.5) is 0 Å². The van der Waals surface area contributed by atoms with Crippen LogP contribution in [0.25, 0.3) is 0 Å². The molecule has 0 saturated carbocycles. The summed E-state index contributed by atoms with van der Waals surface area (Å²) in [6, 6.07) is 7.96. The SMILES string of the molecule is CS(=O)(=O)C1C[C@H](CCCn2ccnn2)Cc2ccccc21. The maximum Gasteiger partial charge on any atom is 0.154 e. The summed E-state index contributed by atoms with van der Waals surface area (Å²) in [6.07, 6.45) is 8.60. The Morgan fingerprint density at radius 1 is 1.32 bits per heavy atom. The standard InChI is InChI=1S/C16H21N3O2S/c1-22(20,21)16-12-13(5-4-9-19-10-8-17-18-19)11-14-6-2-3-7-15(14)16/h2-3,6-8,10,13,16H,4-5,9,11-12H2,1H3/t13-,16?/m1/s1. The Hall–Kier alpha value is -1.69. The van der Waals surface area contributed by atoms with Crippen LogP contribution in [-0.4, -0.2) is 29.7 Å². The van der Waals surface area contributed by atoms with Crippen molar-refractivity contribution in [2.45, 2.75) is 37.5 Å². The van der Waals surface area contributed by atoms with Crippen molar-refractivity contribution in [3.8, 4) is 0 Å². The first-order chi connectivity index (χ1) is 10.5. The van der Waals surface area contributed by atoms with Gasteiger partial charge in [0.05, 0.1) is 11.4 Å². The number of rotatable bonds is 5. The molecule has 2 atom stereocenters. The van der Waals surface area contributed by atoms with Crippen LogP contribution in [0.3, 0.4) is 0 Å². The molecule has 0 radical (unpaired) electrons. The third-order valence-electron chi connectivity index (χ3n) is 4.45. The molecule has 0 N–H and O–H groups in total. The van der Waals surface area contributed by atoms with Crippen molar-refractivity contribution in [1.82, 2.24) is 15.0 Å². The van der Waals surface area contributed by atoms with Gasteiger partial charge in [-0.15, -0.1) is 5.10 Å². The van der Waals surface area contributed by atoms with Gasteiger partial charge in [0.15, 0.2) is 9.84 Å². The molecule has 22 heavy (non-hydrogen) atoms. The van der Waals surface area contributed by atoms with Crippen molar-refractivity contribution in [2.75, 3.05) is 6.26 Å². The summed E-state index contributed by atoms with van der Waals surface area (Å²) in [5.41, 5.74) is 2.19. The maximum absolute atomic E-state index is 12.1. The van der Waals surface area contributed by atoms with Gasteiger partial charge < -0.3 is 0 Å². The summed E-state index contributed by atoms with van der Waals surface area (Å²) in [7, 11) is -3.07. The Balaban J connectivity index is 1.70. The molecule has 0 fully saturated rings. The second kappa shape index (κ2) is 6.20. The molecule has 2 aromatic rings. The van der Waals surface area contributed by atoms with Gasteiger partial charge in [-0.05, 0) is 42.7 Å². The predicted octanol–water partition coefficient (Wildman–Crippen LogP) is 2.41. The fraction of sp³-hybridized carbons (Fsp3) is 0.500. The summed E-state index contributed by atoms with van der Waals surface area (Å²) in [4.78, 5) is 0. The van der Waals surface area contributed by atoms with E-state index >= 15 is 0 Å². The summed E-state index contributed by atoms with van der Waals surface area (Å²) in [5.74, 6) is 0.415. The quantitative estimate of drug-likeness (QED) is 0.849. The normalized spacial score (nSPS) is 21.5. The first kappa shape index (κ1) is 15.2. The molecule has 0 spiro atoms. The van der Waals surface area contributed by atoms with Crippen molar-refractivity contribution in [3.05, 3.63) is 47.8 Å². The number of hydrogen-bond acceptors (Lipinski definition) is 4. The highest BCUT2D eigenvalue weighted by atomic mass is 32.2. The lowest BCUT2D eigenvalue weighted by molar-refractivity contribution is 0.384. The van der Waals surface area contributed by atoms with E-state index in [4.69, 9.17) is 0 Å². The van der Waals surface area contributed by atoms with Gasteiger partial charge in [0.1, 0.15) is 0 Å². The van der Waals surface area contributed by atoms with Crippen molar-refractivity contribution < 1.29 is 8.42 Å². The van der Waals surface area contributed by atoms with Crippen LogP contribution in [0.1, 0.15) is 35.6 Å². The molecule has 1 unspecified atom stereocenters. The van der Waals surface area contributed by atoms with Gasteiger partial charge in [0.25, 0.3) is 0 Å². The van der Waals surface area contributed by atoms with Crippen LogP contribution in [-0.2, 0) is 22.8 Å². The minimum absolute atomic E-state index is 0.353. The van der Waals surface area contributed by atoms with Crippen LogP contribution in [0.5, 0.6) is 0 Å². The van der Waals surface area contributed by atoms with Crippen molar-refractivity contribution in [2.24, 2.45) is 5.92 Å². The Morgan fingerprint density at radius 3 is 2.86 bits per heavy atom. The lowest BCUT2D eigenvalue weighted by atomic mass is 9.81. The minimum Gasteiger partial charge on any atom is -0.253 e. The molecule has 1 heterocycles. The third kappa shape index (κ3) is 3.38. The summed E-state index contributed by atoms with van der Waals surface area (Å²) in [6.45, 7) is 0.835. The molecule has 1 aliphatic rings. The van der Waals surface area contributed by atoms with E-state index in [1.165, 1.54) is 11.8 Å². The number of nitrogens with zero attached hydrogens (tertiary/aromatic N) is 3. The molecule has 1 aromatic carbocycles. The predicted molar refractivity (Wildman–Crippen MR) is 85.1 cm³/mol. The van der Waals surface area contributed by atoms with Crippen LogP contribution in [0.2, 0.25) is 0 Å². The van der Waals surface area contributed by atoms with Gasteiger partial charge >= 0.3 is 0 Å². The highest BCUT2D eigenvalue weighted by Gasteiger charge is 2.32. The van der Waals surface area contributed by atoms with E-state index < -0.39 is 9.84 Å². The Kier molecular flexibility index (Phi) is 4.29. The Labute approximate surface area is 131 Å². The van der Waals surface area contributed by atoms with Gasteiger partial charge in [-0.1, -0.05) is 29.5 Å². The van der Waals surface area contributed by atoms with Crippen molar-refractivity contribution in [1.29, 1.82) is 0 Å². The maximum atomic E-state index is 12.1. The molecule has 3 rings (SSSR count). The van der Waals surface area contributed by atoms with E-state index in [9.17, 15) is 8.42 Å². The Morgan fingerprint density at radius 2 is 2.14 bits per heavy atom. The molecular weight excluding hydrogens is 298 g/mol. The second-order valence-corrected chi connectivity index (χ2v) is 8.36. The van der Waals surface area contributed by atoms with Gasteiger partial charge in [-0.25, -0.2) is 8.42 Å². The van der Waals surface area contributed by atoms with Crippen LogP contribution in [0.15, 0.2) is 36.7 Å². The molecule has 0 amide bonds. The van der Waals surface area contributed by atoms with E-state index in [-0.39, 0.29) is 5.25 Å². The van der Waals surface area contributed by atoms with E-state index in [1.54, 1.807) is 6.20 Å². The van der Waals surface area contributed by atoms with Crippen LogP contribution < -0.4 is 0 Å². The second-order valence-electron chi connectivity index (χ2n) is 6.13. The average Bonchev–Trinajstić information content (AvgIpc) is 2.99. The molecule has 0 aliphatic heterocycles. The van der Waals surface area contributed by atoms with E-state index in [0.29, 0.717) is 5.92 Å². The fourth-order valence-corrected chi connectivity index (χ4v) is 4.69.